The fraction of sp³-hybridized carbons (Fsp3) is 0.367. The number of halogens is 2. The number of carbonyl (C=O) groups excluding carboxylic acids is 1. The standard InChI is InChI=1S/C30H37ClN4O4S.ClH/c31-26-9-11-27(12-10-26)33-30(37)35(28-5-2-1-3-6-28)19-4-18-34-20-15-25(16-21-34)23-24-7-13-29(14-8-24)40(38,39)32-17-22-36;/h1-3,5-14,25,32,36H,4,15-23H2,(H,33,37);1H. The number of para-hydroxylation sites is 1. The second-order valence-electron chi connectivity index (χ2n) is 10.0. The van der Waals surface area contributed by atoms with Crippen LogP contribution in [-0.2, 0) is 16.4 Å². The van der Waals surface area contributed by atoms with Crippen molar-refractivity contribution in [2.24, 2.45) is 5.92 Å². The maximum atomic E-state index is 13.1. The number of benzene rings is 3. The van der Waals surface area contributed by atoms with Crippen molar-refractivity contribution >= 4 is 51.4 Å². The number of nitrogens with zero attached hydrogens (tertiary/aromatic N) is 2. The summed E-state index contributed by atoms with van der Waals surface area (Å²) in [5.41, 5.74) is 2.69. The number of sulfonamides is 1. The Morgan fingerprint density at radius 1 is 0.976 bits per heavy atom. The molecule has 1 aliphatic heterocycles. The number of aliphatic hydroxyl groups excluding tert-OH is 1. The lowest BCUT2D eigenvalue weighted by atomic mass is 9.90. The molecule has 0 saturated carbocycles. The van der Waals surface area contributed by atoms with Crippen LogP contribution in [0.1, 0.15) is 24.8 Å². The Morgan fingerprint density at radius 3 is 2.27 bits per heavy atom. The van der Waals surface area contributed by atoms with Gasteiger partial charge in [-0.25, -0.2) is 17.9 Å². The Labute approximate surface area is 254 Å². The first-order valence-corrected chi connectivity index (χ1v) is 15.5. The summed E-state index contributed by atoms with van der Waals surface area (Å²) in [6.07, 6.45) is 3.94. The van der Waals surface area contributed by atoms with Gasteiger partial charge in [0.05, 0.1) is 11.5 Å². The predicted molar refractivity (Wildman–Crippen MR) is 168 cm³/mol. The molecule has 1 saturated heterocycles. The lowest BCUT2D eigenvalue weighted by molar-refractivity contribution is 0.183. The molecule has 0 spiro atoms. The molecule has 1 aliphatic rings. The lowest BCUT2D eigenvalue weighted by Gasteiger charge is -2.32. The Morgan fingerprint density at radius 2 is 1.63 bits per heavy atom. The number of aliphatic hydroxyl groups is 1. The van der Waals surface area contributed by atoms with Crippen molar-refractivity contribution in [3.63, 3.8) is 0 Å². The molecule has 2 amide bonds. The van der Waals surface area contributed by atoms with Gasteiger partial charge in [0.1, 0.15) is 0 Å². The second kappa shape index (κ2) is 16.1. The Bertz CT molecular complexity index is 1320. The van der Waals surface area contributed by atoms with Crippen LogP contribution in [0.5, 0.6) is 0 Å². The monoisotopic (exact) mass is 620 g/mol. The maximum absolute atomic E-state index is 13.1. The predicted octanol–water partition coefficient (Wildman–Crippen LogP) is 5.42. The molecule has 3 N–H and O–H groups in total. The first-order valence-electron chi connectivity index (χ1n) is 13.6. The number of urea groups is 1. The number of carbonyl (C=O) groups is 1. The van der Waals surface area contributed by atoms with E-state index in [1.165, 1.54) is 0 Å². The topological polar surface area (TPSA) is 102 Å². The van der Waals surface area contributed by atoms with E-state index in [-0.39, 0.29) is 36.5 Å². The molecule has 0 bridgehead atoms. The smallest absolute Gasteiger partial charge is 0.326 e. The van der Waals surface area contributed by atoms with Gasteiger partial charge in [0.15, 0.2) is 0 Å². The molecular formula is C30H38Cl2N4O4S. The van der Waals surface area contributed by atoms with Crippen LogP contribution in [0.25, 0.3) is 0 Å². The summed E-state index contributed by atoms with van der Waals surface area (Å²) in [4.78, 5) is 17.6. The minimum atomic E-state index is -3.59. The van der Waals surface area contributed by atoms with Crippen LogP contribution in [0, 0.1) is 5.92 Å². The molecule has 0 aromatic heterocycles. The molecule has 41 heavy (non-hydrogen) atoms. The van der Waals surface area contributed by atoms with Crippen molar-refractivity contribution in [1.82, 2.24) is 9.62 Å². The summed E-state index contributed by atoms with van der Waals surface area (Å²) < 4.78 is 26.8. The molecule has 4 rings (SSSR count). The molecular weight excluding hydrogens is 583 g/mol. The van der Waals surface area contributed by atoms with Gasteiger partial charge in [-0.1, -0.05) is 41.9 Å². The summed E-state index contributed by atoms with van der Waals surface area (Å²) >= 11 is 5.98. The zero-order chi connectivity index (χ0) is 28.4. The van der Waals surface area contributed by atoms with Crippen LogP contribution >= 0.6 is 24.0 Å². The first-order chi connectivity index (χ1) is 19.3. The zero-order valence-electron chi connectivity index (χ0n) is 22.9. The molecule has 222 valence electrons. The molecule has 11 heteroatoms. The average Bonchev–Trinajstić information content (AvgIpc) is 2.97. The summed E-state index contributed by atoms with van der Waals surface area (Å²) in [5.74, 6) is 0.553. The molecule has 0 radical (unpaired) electrons. The molecule has 1 fully saturated rings. The van der Waals surface area contributed by atoms with Crippen LogP contribution in [0.15, 0.2) is 83.8 Å². The van der Waals surface area contributed by atoms with E-state index in [1.54, 1.807) is 41.3 Å². The minimum Gasteiger partial charge on any atom is -0.395 e. The van der Waals surface area contributed by atoms with Crippen molar-refractivity contribution in [2.75, 3.05) is 49.5 Å². The fourth-order valence-corrected chi connectivity index (χ4v) is 6.10. The normalized spacial score (nSPS) is 14.3. The molecule has 0 atom stereocenters. The van der Waals surface area contributed by atoms with Gasteiger partial charge in [0, 0.05) is 29.5 Å². The third-order valence-corrected chi connectivity index (χ3v) is 8.86. The zero-order valence-corrected chi connectivity index (χ0v) is 25.3. The Hall–Kier alpha value is -2.66. The van der Waals surface area contributed by atoms with Crippen molar-refractivity contribution in [3.05, 3.63) is 89.4 Å². The van der Waals surface area contributed by atoms with Crippen molar-refractivity contribution < 1.29 is 18.3 Å². The lowest BCUT2D eigenvalue weighted by Crippen LogP contribution is -2.39. The van der Waals surface area contributed by atoms with Crippen LogP contribution in [0.4, 0.5) is 16.2 Å². The van der Waals surface area contributed by atoms with Gasteiger partial charge in [-0.2, -0.15) is 0 Å². The number of anilines is 2. The number of rotatable bonds is 12. The van der Waals surface area contributed by atoms with E-state index in [0.29, 0.717) is 23.2 Å². The van der Waals surface area contributed by atoms with E-state index < -0.39 is 10.0 Å². The quantitative estimate of drug-likeness (QED) is 0.251. The van der Waals surface area contributed by atoms with Crippen LogP contribution in [0.3, 0.4) is 0 Å². The highest BCUT2D eigenvalue weighted by molar-refractivity contribution is 7.89. The van der Waals surface area contributed by atoms with Gasteiger partial charge in [-0.3, -0.25) is 4.90 Å². The van der Waals surface area contributed by atoms with Crippen LogP contribution in [-0.4, -0.2) is 63.8 Å². The highest BCUT2D eigenvalue weighted by atomic mass is 35.5. The first kappa shape index (κ1) is 32.8. The number of hydrogen-bond donors (Lipinski definition) is 3. The third kappa shape index (κ3) is 9.99. The molecule has 3 aromatic rings. The number of nitrogens with one attached hydrogen (secondary N) is 2. The van der Waals surface area contributed by atoms with E-state index in [0.717, 1.165) is 56.6 Å². The number of hydrogen-bond acceptors (Lipinski definition) is 5. The van der Waals surface area contributed by atoms with E-state index in [2.05, 4.69) is 14.9 Å². The highest BCUT2D eigenvalue weighted by Crippen LogP contribution is 2.23. The molecule has 3 aromatic carbocycles. The minimum absolute atomic E-state index is 0. The van der Waals surface area contributed by atoms with Gasteiger partial charge < -0.3 is 15.3 Å². The van der Waals surface area contributed by atoms with E-state index in [4.69, 9.17) is 16.7 Å². The summed E-state index contributed by atoms with van der Waals surface area (Å²) in [5, 5.41) is 12.5. The summed E-state index contributed by atoms with van der Waals surface area (Å²) in [7, 11) is -3.59. The van der Waals surface area contributed by atoms with Gasteiger partial charge in [0.25, 0.3) is 0 Å². The molecule has 8 nitrogen and oxygen atoms in total. The van der Waals surface area contributed by atoms with E-state index >= 15 is 0 Å². The van der Waals surface area contributed by atoms with Gasteiger partial charge in [-0.15, -0.1) is 12.4 Å². The SMILES string of the molecule is Cl.O=C(Nc1ccc(Cl)cc1)N(CCCN1CCC(Cc2ccc(S(=O)(=O)NCCO)cc2)CC1)c1ccccc1. The van der Waals surface area contributed by atoms with Crippen LogP contribution in [0.2, 0.25) is 5.02 Å². The number of piperidine rings is 1. The third-order valence-electron chi connectivity index (χ3n) is 7.13. The van der Waals surface area contributed by atoms with Crippen molar-refractivity contribution in [3.8, 4) is 0 Å². The van der Waals surface area contributed by atoms with Crippen LogP contribution < -0.4 is 14.9 Å². The fourth-order valence-electron chi connectivity index (χ4n) is 4.95. The van der Waals surface area contributed by atoms with Gasteiger partial charge in [0.2, 0.25) is 10.0 Å². The highest BCUT2D eigenvalue weighted by Gasteiger charge is 2.21. The van der Waals surface area contributed by atoms with Gasteiger partial charge in [-0.05, 0) is 105 Å². The van der Waals surface area contributed by atoms with E-state index in [1.807, 2.05) is 42.5 Å². The Kier molecular flexibility index (Phi) is 12.9. The van der Waals surface area contributed by atoms with Gasteiger partial charge >= 0.3 is 6.03 Å². The van der Waals surface area contributed by atoms with Crippen molar-refractivity contribution in [2.45, 2.75) is 30.6 Å². The summed E-state index contributed by atoms with van der Waals surface area (Å²) in [6.45, 7) is 3.29. The number of amides is 2. The number of likely N-dealkylation sites (tertiary alicyclic amines) is 1. The second-order valence-corrected chi connectivity index (χ2v) is 12.2. The Balaban J connectivity index is 0.00000462. The molecule has 0 unspecified atom stereocenters. The van der Waals surface area contributed by atoms with Crippen molar-refractivity contribution in [1.29, 1.82) is 0 Å². The summed E-state index contributed by atoms with van der Waals surface area (Å²) in [6, 6.07) is 23.6. The average molecular weight is 622 g/mol. The van der Waals surface area contributed by atoms with E-state index in [9.17, 15) is 13.2 Å². The molecule has 1 heterocycles. The largest absolute Gasteiger partial charge is 0.395 e. The maximum Gasteiger partial charge on any atom is 0.326 e. The molecule has 0 aliphatic carbocycles.